The van der Waals surface area contributed by atoms with Crippen molar-refractivity contribution in [1.82, 2.24) is 5.32 Å². The normalized spacial score (nSPS) is 15.4. The number of hydrogen-bond donors (Lipinski definition) is 1. The van der Waals surface area contributed by atoms with Crippen molar-refractivity contribution in [3.05, 3.63) is 29.8 Å². The molecule has 90 valence electrons. The maximum atomic E-state index is 11.6. The number of carbonyl (C=O) groups is 2. The van der Waals surface area contributed by atoms with Crippen molar-refractivity contribution in [2.45, 2.75) is 6.42 Å². The zero-order valence-electron chi connectivity index (χ0n) is 9.60. The first-order valence-electron chi connectivity index (χ1n) is 5.46. The molecule has 1 saturated heterocycles. The van der Waals surface area contributed by atoms with E-state index >= 15 is 0 Å². The van der Waals surface area contributed by atoms with Crippen LogP contribution in [-0.2, 0) is 4.74 Å². The summed E-state index contributed by atoms with van der Waals surface area (Å²) in [7, 11) is 1.34. The number of hydrogen-bond acceptors (Lipinski definition) is 3. The van der Waals surface area contributed by atoms with Gasteiger partial charge in [-0.25, -0.2) is 9.59 Å². The van der Waals surface area contributed by atoms with Gasteiger partial charge in [0.1, 0.15) is 0 Å². The van der Waals surface area contributed by atoms with Crippen LogP contribution in [0.5, 0.6) is 0 Å². The lowest BCUT2D eigenvalue weighted by Gasteiger charge is -2.27. The zero-order chi connectivity index (χ0) is 12.3. The van der Waals surface area contributed by atoms with Crippen LogP contribution in [0.3, 0.4) is 0 Å². The average molecular weight is 234 g/mol. The fourth-order valence-corrected chi connectivity index (χ4v) is 1.79. The van der Waals surface area contributed by atoms with Crippen LogP contribution in [0.2, 0.25) is 0 Å². The second-order valence-corrected chi connectivity index (χ2v) is 3.78. The van der Waals surface area contributed by atoms with E-state index in [1.54, 1.807) is 29.2 Å². The zero-order valence-corrected chi connectivity index (χ0v) is 9.60. The van der Waals surface area contributed by atoms with Gasteiger partial charge in [-0.15, -0.1) is 0 Å². The van der Waals surface area contributed by atoms with Crippen molar-refractivity contribution in [1.29, 1.82) is 0 Å². The molecule has 1 aliphatic heterocycles. The molecule has 0 bridgehead atoms. The molecule has 0 radical (unpaired) electrons. The summed E-state index contributed by atoms with van der Waals surface area (Å²) >= 11 is 0. The van der Waals surface area contributed by atoms with Crippen LogP contribution in [0.1, 0.15) is 16.8 Å². The molecule has 0 saturated carbocycles. The summed E-state index contributed by atoms with van der Waals surface area (Å²) in [5.74, 6) is -0.399. The number of urea groups is 1. The van der Waals surface area contributed by atoms with Crippen LogP contribution in [0, 0.1) is 0 Å². The molecule has 5 heteroatoms. The number of rotatable bonds is 2. The van der Waals surface area contributed by atoms with Gasteiger partial charge in [0.2, 0.25) is 0 Å². The number of ether oxygens (including phenoxy) is 1. The Labute approximate surface area is 99.4 Å². The minimum atomic E-state index is -0.399. The van der Waals surface area contributed by atoms with Crippen molar-refractivity contribution in [2.24, 2.45) is 0 Å². The second kappa shape index (κ2) is 4.86. The highest BCUT2D eigenvalue weighted by atomic mass is 16.5. The number of esters is 1. The Morgan fingerprint density at radius 2 is 2.29 bits per heavy atom. The minimum absolute atomic E-state index is 0.127. The van der Waals surface area contributed by atoms with E-state index in [0.717, 1.165) is 6.42 Å². The van der Waals surface area contributed by atoms with Crippen molar-refractivity contribution in [2.75, 3.05) is 25.1 Å². The molecule has 1 fully saturated rings. The number of nitrogens with zero attached hydrogens (tertiary/aromatic N) is 1. The molecule has 17 heavy (non-hydrogen) atoms. The lowest BCUT2D eigenvalue weighted by atomic mass is 10.1. The molecular formula is C12H14N2O3. The third-order valence-electron chi connectivity index (χ3n) is 2.66. The predicted molar refractivity (Wildman–Crippen MR) is 63.1 cm³/mol. The van der Waals surface area contributed by atoms with Gasteiger partial charge in [0.25, 0.3) is 0 Å². The SMILES string of the molecule is COC(=O)c1cccc(N2CCCNC2=O)c1. The number of nitrogens with one attached hydrogen (secondary N) is 1. The molecule has 5 nitrogen and oxygen atoms in total. The first kappa shape index (κ1) is 11.4. The van der Waals surface area contributed by atoms with E-state index in [1.165, 1.54) is 7.11 Å². The van der Waals surface area contributed by atoms with Crippen molar-refractivity contribution >= 4 is 17.7 Å². The highest BCUT2D eigenvalue weighted by molar-refractivity contribution is 5.95. The van der Waals surface area contributed by atoms with E-state index in [0.29, 0.717) is 24.3 Å². The van der Waals surface area contributed by atoms with E-state index in [2.05, 4.69) is 10.1 Å². The predicted octanol–water partition coefficient (Wildman–Crippen LogP) is 1.39. The third-order valence-corrected chi connectivity index (χ3v) is 2.66. The highest BCUT2D eigenvalue weighted by Crippen LogP contribution is 2.18. The Hall–Kier alpha value is -2.04. The lowest BCUT2D eigenvalue weighted by molar-refractivity contribution is 0.0600. The van der Waals surface area contributed by atoms with E-state index in [-0.39, 0.29) is 6.03 Å². The van der Waals surface area contributed by atoms with Gasteiger partial charge in [-0.05, 0) is 24.6 Å². The lowest BCUT2D eigenvalue weighted by Crippen LogP contribution is -2.46. The smallest absolute Gasteiger partial charge is 0.337 e. The van der Waals surface area contributed by atoms with Gasteiger partial charge >= 0.3 is 12.0 Å². The average Bonchev–Trinajstić information content (AvgIpc) is 2.38. The van der Waals surface area contributed by atoms with E-state index in [1.807, 2.05) is 0 Å². The summed E-state index contributed by atoms with van der Waals surface area (Å²) in [4.78, 5) is 24.7. The number of anilines is 1. The van der Waals surface area contributed by atoms with Gasteiger partial charge in [0, 0.05) is 18.8 Å². The summed E-state index contributed by atoms with van der Waals surface area (Å²) in [5.41, 5.74) is 1.16. The number of benzene rings is 1. The Kier molecular flexibility index (Phi) is 3.27. The molecule has 0 aromatic heterocycles. The number of amides is 2. The monoisotopic (exact) mass is 234 g/mol. The molecule has 0 atom stereocenters. The summed E-state index contributed by atoms with van der Waals surface area (Å²) in [6, 6.07) is 6.74. The molecule has 1 aliphatic rings. The summed E-state index contributed by atoms with van der Waals surface area (Å²) < 4.78 is 4.65. The molecule has 1 aromatic carbocycles. The van der Waals surface area contributed by atoms with E-state index < -0.39 is 5.97 Å². The van der Waals surface area contributed by atoms with Crippen LogP contribution >= 0.6 is 0 Å². The topological polar surface area (TPSA) is 58.6 Å². The van der Waals surface area contributed by atoms with Crippen LogP contribution in [-0.4, -0.2) is 32.2 Å². The maximum Gasteiger partial charge on any atom is 0.337 e. The quantitative estimate of drug-likeness (QED) is 0.787. The largest absolute Gasteiger partial charge is 0.465 e. The van der Waals surface area contributed by atoms with Crippen LogP contribution < -0.4 is 10.2 Å². The summed E-state index contributed by atoms with van der Waals surface area (Å²) in [6.45, 7) is 1.36. The highest BCUT2D eigenvalue weighted by Gasteiger charge is 2.19. The molecule has 2 rings (SSSR count). The summed E-state index contributed by atoms with van der Waals surface area (Å²) in [5, 5.41) is 2.76. The molecule has 0 spiro atoms. The van der Waals surface area contributed by atoms with Crippen molar-refractivity contribution in [3.8, 4) is 0 Å². The van der Waals surface area contributed by atoms with E-state index in [4.69, 9.17) is 0 Å². The Morgan fingerprint density at radius 1 is 1.47 bits per heavy atom. The van der Waals surface area contributed by atoms with Gasteiger partial charge in [0.15, 0.2) is 0 Å². The molecule has 2 amide bonds. The van der Waals surface area contributed by atoms with Crippen molar-refractivity contribution in [3.63, 3.8) is 0 Å². The Bertz CT molecular complexity index is 445. The van der Waals surface area contributed by atoms with Gasteiger partial charge in [0.05, 0.1) is 12.7 Å². The molecule has 1 heterocycles. The van der Waals surface area contributed by atoms with Crippen LogP contribution in [0.25, 0.3) is 0 Å². The number of methoxy groups -OCH3 is 1. The third kappa shape index (κ3) is 2.38. The molecule has 0 unspecified atom stereocenters. The number of carbonyl (C=O) groups excluding carboxylic acids is 2. The van der Waals surface area contributed by atoms with Gasteiger partial charge in [-0.2, -0.15) is 0 Å². The summed E-state index contributed by atoms with van der Waals surface area (Å²) in [6.07, 6.45) is 0.897. The van der Waals surface area contributed by atoms with Gasteiger partial charge in [-0.1, -0.05) is 6.07 Å². The second-order valence-electron chi connectivity index (χ2n) is 3.78. The van der Waals surface area contributed by atoms with E-state index in [9.17, 15) is 9.59 Å². The van der Waals surface area contributed by atoms with Crippen LogP contribution in [0.15, 0.2) is 24.3 Å². The van der Waals surface area contributed by atoms with Gasteiger partial charge in [-0.3, -0.25) is 4.90 Å². The Morgan fingerprint density at radius 3 is 3.00 bits per heavy atom. The molecule has 1 N–H and O–H groups in total. The first-order chi connectivity index (χ1) is 8.22. The standard InChI is InChI=1S/C12H14N2O3/c1-17-11(15)9-4-2-5-10(8-9)14-7-3-6-13-12(14)16/h2,4-5,8H,3,6-7H2,1H3,(H,13,16). The molecule has 1 aromatic rings. The molecule has 0 aliphatic carbocycles. The maximum absolute atomic E-state index is 11.6. The fraction of sp³-hybridized carbons (Fsp3) is 0.333. The van der Waals surface area contributed by atoms with Gasteiger partial charge < -0.3 is 10.1 Å². The van der Waals surface area contributed by atoms with Crippen molar-refractivity contribution < 1.29 is 14.3 Å². The molecular weight excluding hydrogens is 220 g/mol. The fourth-order valence-electron chi connectivity index (χ4n) is 1.79. The Balaban J connectivity index is 2.26. The van der Waals surface area contributed by atoms with Crippen LogP contribution in [0.4, 0.5) is 10.5 Å². The minimum Gasteiger partial charge on any atom is -0.465 e. The first-order valence-corrected chi connectivity index (χ1v) is 5.46.